The van der Waals surface area contributed by atoms with Crippen molar-refractivity contribution in [1.29, 1.82) is 0 Å². The summed E-state index contributed by atoms with van der Waals surface area (Å²) < 4.78 is 0. The Morgan fingerprint density at radius 2 is 1.89 bits per heavy atom. The Hall–Kier alpha value is -1.70. The Labute approximate surface area is 115 Å². The third-order valence-corrected chi connectivity index (χ3v) is 3.39. The minimum atomic E-state index is 0.119. The molecule has 0 bridgehead atoms. The van der Waals surface area contributed by atoms with Crippen LogP contribution in [-0.2, 0) is 11.8 Å². The van der Waals surface area contributed by atoms with Gasteiger partial charge in [0.2, 0.25) is 0 Å². The van der Waals surface area contributed by atoms with Crippen LogP contribution in [0.1, 0.15) is 50.4 Å². The molecule has 0 saturated heterocycles. The molecule has 2 nitrogen and oxygen atoms in total. The highest BCUT2D eigenvalue weighted by Crippen LogP contribution is 2.22. The fraction of sp³-hybridized carbons (Fsp3) is 0.412. The predicted octanol–water partition coefficient (Wildman–Crippen LogP) is 4.12. The second kappa shape index (κ2) is 5.52. The number of hydrogen-bond acceptors (Lipinski definition) is 2. The van der Waals surface area contributed by atoms with E-state index in [2.05, 4.69) is 55.9 Å². The van der Waals surface area contributed by atoms with Gasteiger partial charge in [0, 0.05) is 29.7 Å². The fourth-order valence-corrected chi connectivity index (χ4v) is 2.13. The average molecular weight is 254 g/mol. The van der Waals surface area contributed by atoms with Gasteiger partial charge in [0.25, 0.3) is 0 Å². The number of rotatable bonds is 3. The SMILES string of the molecule is CC(Cc1ccc(C(C)(C)C)nc1)c1cccnc1. The molecule has 2 heteroatoms. The molecule has 100 valence electrons. The minimum Gasteiger partial charge on any atom is -0.264 e. The maximum absolute atomic E-state index is 4.58. The standard InChI is InChI=1S/C17H22N2/c1-13(15-6-5-9-18-12-15)10-14-7-8-16(19-11-14)17(2,3)4/h5-9,11-13H,10H2,1-4H3. The van der Waals surface area contributed by atoms with E-state index in [1.54, 1.807) is 0 Å². The van der Waals surface area contributed by atoms with Crippen molar-refractivity contribution in [2.45, 2.75) is 45.4 Å². The number of hydrogen-bond donors (Lipinski definition) is 0. The quantitative estimate of drug-likeness (QED) is 0.823. The lowest BCUT2D eigenvalue weighted by molar-refractivity contribution is 0.568. The molecule has 0 radical (unpaired) electrons. The first-order valence-electron chi connectivity index (χ1n) is 6.82. The summed E-state index contributed by atoms with van der Waals surface area (Å²) in [4.78, 5) is 8.76. The van der Waals surface area contributed by atoms with E-state index in [4.69, 9.17) is 0 Å². The summed E-state index contributed by atoms with van der Waals surface area (Å²) in [6.45, 7) is 8.79. The molecule has 2 rings (SSSR count). The second-order valence-corrected chi connectivity index (χ2v) is 6.19. The van der Waals surface area contributed by atoms with E-state index in [1.807, 2.05) is 24.7 Å². The van der Waals surface area contributed by atoms with Crippen molar-refractivity contribution < 1.29 is 0 Å². The monoisotopic (exact) mass is 254 g/mol. The normalized spacial score (nSPS) is 13.3. The van der Waals surface area contributed by atoms with Crippen LogP contribution in [0.25, 0.3) is 0 Å². The van der Waals surface area contributed by atoms with Crippen LogP contribution in [0, 0.1) is 0 Å². The van der Waals surface area contributed by atoms with Gasteiger partial charge in [-0.1, -0.05) is 39.8 Å². The molecule has 2 aromatic heterocycles. The van der Waals surface area contributed by atoms with Crippen LogP contribution in [0.4, 0.5) is 0 Å². The topological polar surface area (TPSA) is 25.8 Å². The zero-order valence-corrected chi connectivity index (χ0v) is 12.2. The van der Waals surface area contributed by atoms with Crippen LogP contribution in [-0.4, -0.2) is 9.97 Å². The van der Waals surface area contributed by atoms with Crippen LogP contribution in [0.2, 0.25) is 0 Å². The van der Waals surface area contributed by atoms with E-state index in [1.165, 1.54) is 11.1 Å². The van der Waals surface area contributed by atoms with Crippen molar-refractivity contribution in [2.75, 3.05) is 0 Å². The van der Waals surface area contributed by atoms with Crippen molar-refractivity contribution >= 4 is 0 Å². The lowest BCUT2D eigenvalue weighted by atomic mass is 9.90. The van der Waals surface area contributed by atoms with Gasteiger partial charge >= 0.3 is 0 Å². The van der Waals surface area contributed by atoms with E-state index >= 15 is 0 Å². The third-order valence-electron chi connectivity index (χ3n) is 3.39. The molecule has 19 heavy (non-hydrogen) atoms. The largest absolute Gasteiger partial charge is 0.264 e. The molecule has 1 unspecified atom stereocenters. The highest BCUT2D eigenvalue weighted by Gasteiger charge is 2.15. The second-order valence-electron chi connectivity index (χ2n) is 6.19. The van der Waals surface area contributed by atoms with Crippen molar-refractivity contribution in [1.82, 2.24) is 9.97 Å². The highest BCUT2D eigenvalue weighted by molar-refractivity contribution is 5.22. The first-order valence-corrected chi connectivity index (χ1v) is 6.82. The maximum Gasteiger partial charge on any atom is 0.0457 e. The summed E-state index contributed by atoms with van der Waals surface area (Å²) in [5.41, 5.74) is 3.82. The summed E-state index contributed by atoms with van der Waals surface area (Å²) in [6, 6.07) is 8.47. The fourth-order valence-electron chi connectivity index (χ4n) is 2.13. The van der Waals surface area contributed by atoms with Crippen LogP contribution in [0.15, 0.2) is 42.9 Å². The Balaban J connectivity index is 2.08. The van der Waals surface area contributed by atoms with Gasteiger partial charge < -0.3 is 0 Å². The summed E-state index contributed by atoms with van der Waals surface area (Å²) >= 11 is 0. The smallest absolute Gasteiger partial charge is 0.0457 e. The maximum atomic E-state index is 4.58. The van der Waals surface area contributed by atoms with Gasteiger partial charge in [0.15, 0.2) is 0 Å². The van der Waals surface area contributed by atoms with E-state index in [0.717, 1.165) is 12.1 Å². The van der Waals surface area contributed by atoms with Crippen molar-refractivity contribution in [3.8, 4) is 0 Å². The van der Waals surface area contributed by atoms with Gasteiger partial charge in [-0.05, 0) is 35.6 Å². The molecule has 0 aromatic carbocycles. The Kier molecular flexibility index (Phi) is 3.98. The molecular weight excluding hydrogens is 232 g/mol. The summed E-state index contributed by atoms with van der Waals surface area (Å²) in [6.07, 6.45) is 6.77. The summed E-state index contributed by atoms with van der Waals surface area (Å²) in [5.74, 6) is 0.469. The Morgan fingerprint density at radius 3 is 2.42 bits per heavy atom. The minimum absolute atomic E-state index is 0.119. The first-order chi connectivity index (χ1) is 8.97. The molecule has 0 amide bonds. The van der Waals surface area contributed by atoms with Crippen molar-refractivity contribution in [3.05, 3.63) is 59.7 Å². The summed E-state index contributed by atoms with van der Waals surface area (Å²) in [7, 11) is 0. The zero-order chi connectivity index (χ0) is 13.9. The molecule has 2 heterocycles. The number of aromatic nitrogens is 2. The predicted molar refractivity (Wildman–Crippen MR) is 79.3 cm³/mol. The van der Waals surface area contributed by atoms with Gasteiger partial charge in [0.05, 0.1) is 0 Å². The molecule has 0 aliphatic carbocycles. The summed E-state index contributed by atoms with van der Waals surface area (Å²) in [5, 5.41) is 0. The molecule has 0 aliphatic heterocycles. The van der Waals surface area contributed by atoms with Crippen molar-refractivity contribution in [3.63, 3.8) is 0 Å². The Morgan fingerprint density at radius 1 is 1.11 bits per heavy atom. The van der Waals surface area contributed by atoms with Gasteiger partial charge in [-0.25, -0.2) is 0 Å². The van der Waals surface area contributed by atoms with E-state index in [0.29, 0.717) is 5.92 Å². The molecule has 2 aromatic rings. The molecule has 0 spiro atoms. The van der Waals surface area contributed by atoms with Crippen molar-refractivity contribution in [2.24, 2.45) is 0 Å². The molecule has 0 fully saturated rings. The average Bonchev–Trinajstić information content (AvgIpc) is 2.39. The number of nitrogens with zero attached hydrogens (tertiary/aromatic N) is 2. The van der Waals surface area contributed by atoms with Crippen LogP contribution >= 0.6 is 0 Å². The van der Waals surface area contributed by atoms with Gasteiger partial charge in [-0.3, -0.25) is 9.97 Å². The third kappa shape index (κ3) is 3.63. The first kappa shape index (κ1) is 13.7. The molecule has 0 aliphatic rings. The lowest BCUT2D eigenvalue weighted by Crippen LogP contribution is -2.13. The van der Waals surface area contributed by atoms with Gasteiger partial charge in [-0.2, -0.15) is 0 Å². The van der Waals surface area contributed by atoms with E-state index in [-0.39, 0.29) is 5.41 Å². The molecule has 0 saturated carbocycles. The molecular formula is C17H22N2. The molecule has 1 atom stereocenters. The van der Waals surface area contributed by atoms with Crippen LogP contribution in [0.5, 0.6) is 0 Å². The van der Waals surface area contributed by atoms with E-state index in [9.17, 15) is 0 Å². The highest BCUT2D eigenvalue weighted by atomic mass is 14.7. The molecule has 0 N–H and O–H groups in total. The van der Waals surface area contributed by atoms with E-state index < -0.39 is 0 Å². The van der Waals surface area contributed by atoms with Crippen LogP contribution in [0.3, 0.4) is 0 Å². The lowest BCUT2D eigenvalue weighted by Gasteiger charge is -2.18. The van der Waals surface area contributed by atoms with Gasteiger partial charge in [-0.15, -0.1) is 0 Å². The zero-order valence-electron chi connectivity index (χ0n) is 12.2. The van der Waals surface area contributed by atoms with Gasteiger partial charge in [0.1, 0.15) is 0 Å². The number of pyridine rings is 2. The Bertz CT molecular complexity index is 509. The van der Waals surface area contributed by atoms with Crippen LogP contribution < -0.4 is 0 Å².